The predicted molar refractivity (Wildman–Crippen MR) is 124 cm³/mol. The molecule has 6 nitrogen and oxygen atoms in total. The number of thioether (sulfide) groups is 1. The molecule has 3 aromatic rings. The first-order chi connectivity index (χ1) is 14.3. The fourth-order valence-corrected chi connectivity index (χ4v) is 4.45. The Balaban J connectivity index is 1.67. The molecule has 1 aliphatic rings. The molecule has 1 aromatic heterocycles. The summed E-state index contributed by atoms with van der Waals surface area (Å²) in [6.07, 6.45) is 3.54. The molecule has 1 saturated heterocycles. The number of carboxylic acid groups (broad SMARTS) is 1. The summed E-state index contributed by atoms with van der Waals surface area (Å²) in [6, 6.07) is 11.5. The van der Waals surface area contributed by atoms with Crippen molar-refractivity contribution in [2.24, 2.45) is 4.99 Å². The molecule has 2 aromatic carbocycles. The highest BCUT2D eigenvalue weighted by Gasteiger charge is 2.24. The Kier molecular flexibility index (Phi) is 5.53. The van der Waals surface area contributed by atoms with Crippen molar-refractivity contribution in [3.8, 4) is 0 Å². The van der Waals surface area contributed by atoms with Gasteiger partial charge in [-0.25, -0.2) is 4.99 Å². The van der Waals surface area contributed by atoms with Crippen molar-refractivity contribution in [2.45, 2.75) is 20.4 Å². The van der Waals surface area contributed by atoms with Crippen LogP contribution in [-0.2, 0) is 16.1 Å². The van der Waals surface area contributed by atoms with Gasteiger partial charge in [-0.3, -0.25) is 9.59 Å². The van der Waals surface area contributed by atoms with Gasteiger partial charge in [-0.2, -0.15) is 0 Å². The molecule has 0 saturated carbocycles. The average Bonchev–Trinajstić information content (AvgIpc) is 3.20. The van der Waals surface area contributed by atoms with Crippen LogP contribution >= 0.6 is 27.7 Å². The summed E-state index contributed by atoms with van der Waals surface area (Å²) in [4.78, 5) is 28.8. The molecule has 0 unspecified atom stereocenters. The van der Waals surface area contributed by atoms with Gasteiger partial charge in [-0.05, 0) is 61.0 Å². The van der Waals surface area contributed by atoms with Crippen LogP contribution in [0.3, 0.4) is 0 Å². The van der Waals surface area contributed by atoms with Crippen LogP contribution in [0.5, 0.6) is 0 Å². The second-order valence-corrected chi connectivity index (χ2v) is 8.82. The van der Waals surface area contributed by atoms with Gasteiger partial charge in [0.1, 0.15) is 6.54 Å². The zero-order valence-electron chi connectivity index (χ0n) is 16.3. The fourth-order valence-electron chi connectivity index (χ4n) is 3.39. The Bertz CT molecular complexity index is 1240. The van der Waals surface area contributed by atoms with E-state index < -0.39 is 5.97 Å². The van der Waals surface area contributed by atoms with Gasteiger partial charge in [0.2, 0.25) is 0 Å². The summed E-state index contributed by atoms with van der Waals surface area (Å²) in [7, 11) is 0. The number of aliphatic imine (C=N–C) groups is 1. The van der Waals surface area contributed by atoms with E-state index in [2.05, 4.69) is 26.2 Å². The van der Waals surface area contributed by atoms with Gasteiger partial charge in [0.05, 0.1) is 10.6 Å². The van der Waals surface area contributed by atoms with Crippen molar-refractivity contribution < 1.29 is 14.7 Å². The van der Waals surface area contributed by atoms with E-state index in [0.29, 0.717) is 10.1 Å². The van der Waals surface area contributed by atoms with Crippen LogP contribution in [0.2, 0.25) is 0 Å². The molecule has 0 bridgehead atoms. The Morgan fingerprint density at radius 3 is 2.67 bits per heavy atom. The van der Waals surface area contributed by atoms with E-state index in [0.717, 1.165) is 37.8 Å². The first-order valence-electron chi connectivity index (χ1n) is 9.18. The minimum atomic E-state index is -0.919. The highest BCUT2D eigenvalue weighted by Crippen LogP contribution is 2.32. The number of rotatable bonds is 4. The molecule has 2 N–H and O–H groups in total. The van der Waals surface area contributed by atoms with E-state index in [4.69, 9.17) is 5.11 Å². The normalized spacial score (nSPS) is 16.6. The van der Waals surface area contributed by atoms with E-state index in [1.807, 2.05) is 50.2 Å². The van der Waals surface area contributed by atoms with Crippen LogP contribution < -0.4 is 5.32 Å². The molecular formula is C22H18BrN3O3S. The first kappa shape index (κ1) is 20.4. The van der Waals surface area contributed by atoms with E-state index in [1.165, 1.54) is 11.8 Å². The van der Waals surface area contributed by atoms with Crippen LogP contribution in [0.15, 0.2) is 57.0 Å². The number of amides is 1. The summed E-state index contributed by atoms with van der Waals surface area (Å²) in [5, 5.41) is 13.4. The second-order valence-electron chi connectivity index (χ2n) is 7.00. The van der Waals surface area contributed by atoms with E-state index in [1.54, 1.807) is 16.8 Å². The van der Waals surface area contributed by atoms with Crippen molar-refractivity contribution in [3.63, 3.8) is 0 Å². The number of fused-ring (bicyclic) bond motifs is 1. The van der Waals surface area contributed by atoms with Crippen LogP contribution in [-0.4, -0.2) is 26.7 Å². The number of carbonyl (C=O) groups is 2. The highest BCUT2D eigenvalue weighted by molar-refractivity contribution is 9.10. The minimum Gasteiger partial charge on any atom is -0.480 e. The highest BCUT2D eigenvalue weighted by atomic mass is 79.9. The predicted octanol–water partition coefficient (Wildman–Crippen LogP) is 5.00. The zero-order valence-corrected chi connectivity index (χ0v) is 18.7. The Morgan fingerprint density at radius 2 is 1.97 bits per heavy atom. The second kappa shape index (κ2) is 8.12. The quantitative estimate of drug-likeness (QED) is 0.511. The number of aryl methyl sites for hydroxylation is 2. The molecule has 0 radical (unpaired) electrons. The lowest BCUT2D eigenvalue weighted by Crippen LogP contribution is -2.19. The maximum Gasteiger partial charge on any atom is 0.323 e. The molecule has 1 amide bonds. The molecular weight excluding hydrogens is 466 g/mol. The number of nitrogens with one attached hydrogen (secondary N) is 1. The van der Waals surface area contributed by atoms with Gasteiger partial charge in [-0.15, -0.1) is 0 Å². The molecule has 30 heavy (non-hydrogen) atoms. The number of halogens is 1. The van der Waals surface area contributed by atoms with E-state index >= 15 is 0 Å². The number of carboxylic acids is 1. The van der Waals surface area contributed by atoms with Crippen molar-refractivity contribution in [3.05, 3.63) is 68.7 Å². The third-order valence-electron chi connectivity index (χ3n) is 4.71. The Hall–Kier alpha value is -2.84. The summed E-state index contributed by atoms with van der Waals surface area (Å²) in [5.41, 5.74) is 4.53. The van der Waals surface area contributed by atoms with Crippen molar-refractivity contribution in [1.29, 1.82) is 0 Å². The summed E-state index contributed by atoms with van der Waals surface area (Å²) in [5.74, 6) is -1.14. The fraction of sp³-hybridized carbons (Fsp3) is 0.136. The summed E-state index contributed by atoms with van der Waals surface area (Å²) in [6.45, 7) is 3.86. The lowest BCUT2D eigenvalue weighted by Gasteiger charge is -2.04. The van der Waals surface area contributed by atoms with Gasteiger partial charge in [-0.1, -0.05) is 34.1 Å². The standard InChI is InChI=1S/C22H18BrN3O3S/c1-12-7-15(8-13(2)20(12)23)24-22-25-21(29)18(30-22)9-14-10-26(11-19(27)28)17-6-4-3-5-16(14)17/h3-10H,11H2,1-2H3,(H,27,28)(H,24,25,29)/b18-9-. The molecule has 1 fully saturated rings. The molecule has 0 aliphatic carbocycles. The van der Waals surface area contributed by atoms with Crippen LogP contribution in [0.25, 0.3) is 17.0 Å². The molecule has 8 heteroatoms. The minimum absolute atomic E-state index is 0.141. The number of benzene rings is 2. The van der Waals surface area contributed by atoms with Crippen LogP contribution in [0, 0.1) is 13.8 Å². The average molecular weight is 484 g/mol. The zero-order chi connectivity index (χ0) is 21.4. The number of aliphatic carboxylic acids is 1. The Labute approximate surface area is 185 Å². The number of nitrogens with zero attached hydrogens (tertiary/aromatic N) is 2. The third-order valence-corrected chi connectivity index (χ3v) is 6.88. The molecule has 152 valence electrons. The van der Waals surface area contributed by atoms with Crippen LogP contribution in [0.1, 0.15) is 16.7 Å². The smallest absolute Gasteiger partial charge is 0.323 e. The molecule has 2 heterocycles. The molecule has 0 spiro atoms. The third kappa shape index (κ3) is 4.06. The van der Waals surface area contributed by atoms with Crippen molar-refractivity contribution in [2.75, 3.05) is 0 Å². The lowest BCUT2D eigenvalue weighted by atomic mass is 10.1. The van der Waals surface area contributed by atoms with Gasteiger partial charge in [0, 0.05) is 27.1 Å². The molecule has 1 aliphatic heterocycles. The van der Waals surface area contributed by atoms with Crippen LogP contribution in [0.4, 0.5) is 5.69 Å². The topological polar surface area (TPSA) is 83.7 Å². The number of aromatic nitrogens is 1. The van der Waals surface area contributed by atoms with Gasteiger partial charge in [0.15, 0.2) is 5.17 Å². The largest absolute Gasteiger partial charge is 0.480 e. The van der Waals surface area contributed by atoms with E-state index in [9.17, 15) is 9.59 Å². The lowest BCUT2D eigenvalue weighted by molar-refractivity contribution is -0.137. The van der Waals surface area contributed by atoms with E-state index in [-0.39, 0.29) is 12.5 Å². The summed E-state index contributed by atoms with van der Waals surface area (Å²) >= 11 is 4.82. The number of hydrogen-bond donors (Lipinski definition) is 2. The first-order valence-corrected chi connectivity index (χ1v) is 10.8. The number of hydrogen-bond acceptors (Lipinski definition) is 4. The van der Waals surface area contributed by atoms with Crippen molar-refractivity contribution in [1.82, 2.24) is 9.88 Å². The number of para-hydroxylation sites is 1. The number of carbonyl (C=O) groups excluding carboxylic acids is 1. The number of amidine groups is 1. The van der Waals surface area contributed by atoms with Gasteiger partial charge >= 0.3 is 5.97 Å². The maximum atomic E-state index is 12.5. The SMILES string of the molecule is Cc1cc(N=C2NC(=O)/C(=C/c3cn(CC(=O)O)c4ccccc34)S2)cc(C)c1Br. The molecule has 4 rings (SSSR count). The van der Waals surface area contributed by atoms with Gasteiger partial charge < -0.3 is 15.0 Å². The Morgan fingerprint density at radius 1 is 1.27 bits per heavy atom. The summed E-state index contributed by atoms with van der Waals surface area (Å²) < 4.78 is 2.72. The monoisotopic (exact) mass is 483 g/mol. The van der Waals surface area contributed by atoms with Crippen molar-refractivity contribution >= 4 is 67.4 Å². The maximum absolute atomic E-state index is 12.5. The molecule has 0 atom stereocenters. The van der Waals surface area contributed by atoms with Gasteiger partial charge in [0.25, 0.3) is 5.91 Å².